The monoisotopic (exact) mass is 342 g/mol. The van der Waals surface area contributed by atoms with E-state index in [9.17, 15) is 14.7 Å². The second kappa shape index (κ2) is 6.61. The summed E-state index contributed by atoms with van der Waals surface area (Å²) in [6.07, 6.45) is 2.70. The Bertz CT molecular complexity index is 839. The SMILES string of the molecule is O=C(c1cc(=O)c2ccccc2o1)N1CCN([C@H]2CCC[C@@H]2O)CC1. The van der Waals surface area contributed by atoms with E-state index in [1.807, 2.05) is 0 Å². The molecule has 1 saturated carbocycles. The van der Waals surface area contributed by atoms with Crippen LogP contribution in [0.5, 0.6) is 0 Å². The summed E-state index contributed by atoms with van der Waals surface area (Å²) < 4.78 is 5.66. The summed E-state index contributed by atoms with van der Waals surface area (Å²) in [6.45, 7) is 2.65. The Hall–Kier alpha value is -2.18. The first-order valence-electron chi connectivity index (χ1n) is 8.88. The fraction of sp³-hybridized carbons (Fsp3) is 0.474. The average Bonchev–Trinajstić information content (AvgIpc) is 3.07. The van der Waals surface area contributed by atoms with Gasteiger partial charge in [0.15, 0.2) is 11.2 Å². The first-order valence-corrected chi connectivity index (χ1v) is 8.88. The summed E-state index contributed by atoms with van der Waals surface area (Å²) >= 11 is 0. The number of hydrogen-bond donors (Lipinski definition) is 1. The minimum Gasteiger partial charge on any atom is -0.451 e. The number of fused-ring (bicyclic) bond motifs is 1. The van der Waals surface area contributed by atoms with Gasteiger partial charge in [0, 0.05) is 38.3 Å². The number of aliphatic hydroxyl groups is 1. The molecule has 25 heavy (non-hydrogen) atoms. The van der Waals surface area contributed by atoms with Crippen LogP contribution in [0.1, 0.15) is 29.8 Å². The third-order valence-electron chi connectivity index (χ3n) is 5.36. The Morgan fingerprint density at radius 3 is 2.60 bits per heavy atom. The zero-order valence-corrected chi connectivity index (χ0v) is 14.1. The van der Waals surface area contributed by atoms with E-state index in [0.29, 0.717) is 24.1 Å². The van der Waals surface area contributed by atoms with E-state index in [1.165, 1.54) is 6.07 Å². The molecule has 2 heterocycles. The Labute approximate surface area is 145 Å². The standard InChI is InChI=1S/C19H22N2O4/c22-15-6-3-5-14(15)20-8-10-21(11-9-20)19(24)18-12-16(23)13-4-1-2-7-17(13)25-18/h1-2,4,7,12,14-15,22H,3,5-6,8-11H2/t14-,15-/m0/s1. The molecule has 4 rings (SSSR count). The van der Waals surface area contributed by atoms with Gasteiger partial charge in [-0.3, -0.25) is 14.5 Å². The van der Waals surface area contributed by atoms with E-state index < -0.39 is 0 Å². The number of carbonyl (C=O) groups is 1. The van der Waals surface area contributed by atoms with Gasteiger partial charge in [-0.05, 0) is 31.4 Å². The van der Waals surface area contributed by atoms with Crippen LogP contribution in [0.2, 0.25) is 0 Å². The number of amides is 1. The van der Waals surface area contributed by atoms with Crippen molar-refractivity contribution in [3.63, 3.8) is 0 Å². The van der Waals surface area contributed by atoms with Crippen LogP contribution in [0.15, 0.2) is 39.5 Å². The molecule has 1 saturated heterocycles. The van der Waals surface area contributed by atoms with Gasteiger partial charge in [-0.15, -0.1) is 0 Å². The lowest BCUT2D eigenvalue weighted by atomic mass is 10.1. The van der Waals surface area contributed by atoms with Gasteiger partial charge in [-0.1, -0.05) is 12.1 Å². The quantitative estimate of drug-likeness (QED) is 0.894. The molecule has 1 aromatic carbocycles. The van der Waals surface area contributed by atoms with Crippen molar-refractivity contribution in [3.05, 3.63) is 46.3 Å². The summed E-state index contributed by atoms with van der Waals surface area (Å²) in [5, 5.41) is 10.5. The molecule has 2 fully saturated rings. The third kappa shape index (κ3) is 3.07. The van der Waals surface area contributed by atoms with Crippen LogP contribution >= 0.6 is 0 Å². The molecule has 2 aliphatic rings. The Morgan fingerprint density at radius 1 is 1.12 bits per heavy atom. The van der Waals surface area contributed by atoms with E-state index in [1.54, 1.807) is 29.2 Å². The van der Waals surface area contributed by atoms with Crippen molar-refractivity contribution in [2.75, 3.05) is 26.2 Å². The van der Waals surface area contributed by atoms with E-state index >= 15 is 0 Å². The highest BCUT2D eigenvalue weighted by Gasteiger charge is 2.33. The largest absolute Gasteiger partial charge is 0.451 e. The molecule has 1 amide bonds. The minimum atomic E-state index is -0.249. The van der Waals surface area contributed by atoms with Gasteiger partial charge >= 0.3 is 0 Å². The number of para-hydroxylation sites is 1. The number of aliphatic hydroxyl groups excluding tert-OH is 1. The van der Waals surface area contributed by atoms with Crippen molar-refractivity contribution in [1.29, 1.82) is 0 Å². The molecule has 6 nitrogen and oxygen atoms in total. The highest BCUT2D eigenvalue weighted by molar-refractivity contribution is 5.93. The molecule has 0 spiro atoms. The summed E-state index contributed by atoms with van der Waals surface area (Å²) in [6, 6.07) is 8.46. The normalized spacial score (nSPS) is 24.8. The van der Waals surface area contributed by atoms with Crippen molar-refractivity contribution < 1.29 is 14.3 Å². The molecule has 0 unspecified atom stereocenters. The minimum absolute atomic E-state index is 0.0954. The van der Waals surface area contributed by atoms with Gasteiger partial charge in [-0.25, -0.2) is 0 Å². The number of nitrogens with zero attached hydrogens (tertiary/aromatic N) is 2. The fourth-order valence-corrected chi connectivity index (χ4v) is 3.97. The maximum absolute atomic E-state index is 12.7. The van der Waals surface area contributed by atoms with E-state index in [2.05, 4.69) is 4.90 Å². The summed E-state index contributed by atoms with van der Waals surface area (Å²) in [4.78, 5) is 28.9. The Kier molecular flexibility index (Phi) is 4.31. The lowest BCUT2D eigenvalue weighted by molar-refractivity contribution is 0.0302. The first kappa shape index (κ1) is 16.3. The molecule has 1 aliphatic heterocycles. The van der Waals surface area contributed by atoms with Gasteiger partial charge in [0.2, 0.25) is 0 Å². The fourth-order valence-electron chi connectivity index (χ4n) is 3.97. The number of carbonyl (C=O) groups excluding carboxylic acids is 1. The predicted octanol–water partition coefficient (Wildman–Crippen LogP) is 1.46. The number of piperazine rings is 1. The van der Waals surface area contributed by atoms with Crippen molar-refractivity contribution in [2.24, 2.45) is 0 Å². The molecule has 132 valence electrons. The van der Waals surface area contributed by atoms with Crippen LogP contribution in [0, 0.1) is 0 Å². The van der Waals surface area contributed by atoms with Crippen LogP contribution in [-0.2, 0) is 0 Å². The smallest absolute Gasteiger partial charge is 0.289 e. The van der Waals surface area contributed by atoms with Crippen molar-refractivity contribution in [1.82, 2.24) is 9.80 Å². The second-order valence-corrected chi connectivity index (χ2v) is 6.86. The van der Waals surface area contributed by atoms with Gasteiger partial charge in [0.05, 0.1) is 11.5 Å². The highest BCUT2D eigenvalue weighted by Crippen LogP contribution is 2.25. The van der Waals surface area contributed by atoms with Crippen molar-refractivity contribution in [2.45, 2.75) is 31.4 Å². The van der Waals surface area contributed by atoms with E-state index in [0.717, 1.165) is 32.4 Å². The van der Waals surface area contributed by atoms with Gasteiger partial charge in [0.25, 0.3) is 5.91 Å². The lowest BCUT2D eigenvalue weighted by Gasteiger charge is -2.38. The summed E-state index contributed by atoms with van der Waals surface area (Å²) in [5.41, 5.74) is 0.240. The number of hydrogen-bond acceptors (Lipinski definition) is 5. The molecule has 1 N–H and O–H groups in total. The molecule has 2 aromatic rings. The molecule has 1 aliphatic carbocycles. The van der Waals surface area contributed by atoms with Crippen LogP contribution in [0.4, 0.5) is 0 Å². The molecule has 2 atom stereocenters. The molecular formula is C19H22N2O4. The van der Waals surface area contributed by atoms with Gasteiger partial charge in [-0.2, -0.15) is 0 Å². The number of benzene rings is 1. The van der Waals surface area contributed by atoms with Crippen molar-refractivity contribution in [3.8, 4) is 0 Å². The maximum Gasteiger partial charge on any atom is 0.289 e. The average molecular weight is 342 g/mol. The summed E-state index contributed by atoms with van der Waals surface area (Å²) in [5.74, 6) is -0.146. The van der Waals surface area contributed by atoms with Crippen LogP contribution in [-0.4, -0.2) is 59.1 Å². The highest BCUT2D eigenvalue weighted by atomic mass is 16.3. The molecule has 0 radical (unpaired) electrons. The molecule has 1 aromatic heterocycles. The van der Waals surface area contributed by atoms with E-state index in [-0.39, 0.29) is 29.2 Å². The Morgan fingerprint density at radius 2 is 1.88 bits per heavy atom. The zero-order valence-electron chi connectivity index (χ0n) is 14.1. The van der Waals surface area contributed by atoms with Gasteiger partial charge in [0.1, 0.15) is 5.58 Å². The number of rotatable bonds is 2. The second-order valence-electron chi connectivity index (χ2n) is 6.86. The van der Waals surface area contributed by atoms with Gasteiger partial charge < -0.3 is 14.4 Å². The van der Waals surface area contributed by atoms with E-state index in [4.69, 9.17) is 4.42 Å². The Balaban J connectivity index is 1.48. The van der Waals surface area contributed by atoms with Crippen LogP contribution < -0.4 is 5.43 Å². The molecule has 0 bridgehead atoms. The molecular weight excluding hydrogens is 320 g/mol. The zero-order chi connectivity index (χ0) is 17.4. The van der Waals surface area contributed by atoms with Crippen molar-refractivity contribution >= 4 is 16.9 Å². The predicted molar refractivity (Wildman–Crippen MR) is 93.6 cm³/mol. The lowest BCUT2D eigenvalue weighted by Crippen LogP contribution is -2.53. The molecule has 6 heteroatoms. The maximum atomic E-state index is 12.7. The summed E-state index contributed by atoms with van der Waals surface area (Å²) in [7, 11) is 0. The van der Waals surface area contributed by atoms with Crippen LogP contribution in [0.25, 0.3) is 11.0 Å². The third-order valence-corrected chi connectivity index (χ3v) is 5.36. The van der Waals surface area contributed by atoms with Crippen LogP contribution in [0.3, 0.4) is 0 Å². The topological polar surface area (TPSA) is 74.0 Å². The first-order chi connectivity index (χ1) is 12.1.